The molecule has 0 aliphatic rings. The molecule has 5 rings (SSSR count). The molecule has 0 aliphatic heterocycles. The van der Waals surface area contributed by atoms with Crippen LogP contribution in [0.5, 0.6) is 6.01 Å². The molecule has 8 nitrogen and oxygen atoms in total. The van der Waals surface area contributed by atoms with Gasteiger partial charge in [-0.25, -0.2) is 23.1 Å². The minimum Gasteiger partial charge on any atom is -0.376 e. The maximum Gasteiger partial charge on any atom is 0.412 e. The van der Waals surface area contributed by atoms with Crippen LogP contribution in [0.3, 0.4) is 0 Å². The van der Waals surface area contributed by atoms with Crippen LogP contribution in [0.4, 0.5) is 18.0 Å². The number of aromatic nitrogens is 4. The summed E-state index contributed by atoms with van der Waals surface area (Å²) in [7, 11) is 0. The number of hydrogen-bond acceptors (Lipinski definition) is 5. The number of nitrogens with one attached hydrogen (secondary N) is 2. The second-order valence-electron chi connectivity index (χ2n) is 7.50. The predicted molar refractivity (Wildman–Crippen MR) is 117 cm³/mol. The van der Waals surface area contributed by atoms with Crippen molar-refractivity contribution in [3.05, 3.63) is 87.6 Å². The van der Waals surface area contributed by atoms with E-state index in [1.807, 2.05) is 0 Å². The van der Waals surface area contributed by atoms with E-state index in [-0.39, 0.29) is 28.8 Å². The molecule has 3 aromatic carbocycles. The molecule has 34 heavy (non-hydrogen) atoms. The average Bonchev–Trinajstić information content (AvgIpc) is 3.19. The summed E-state index contributed by atoms with van der Waals surface area (Å²) in [6.45, 7) is 0. The number of carbonyl (C=O) groups is 1. The highest BCUT2D eigenvalue weighted by molar-refractivity contribution is 5.85. The standard InChI is InChI=1S/C23H14F3N5O3/c24-15-3-1-10(6-19-13-8-16(25)17(26)9-14(13)21(32)31-30-19)5-12(15)11-2-4-18-20(7-11)29-23(28-18)34-22(27)33/h1-5,7-9H,6H2,(H2,27,33)(H,28,29)(H,31,32). The zero-order valence-electron chi connectivity index (χ0n) is 17.2. The van der Waals surface area contributed by atoms with Crippen LogP contribution in [-0.2, 0) is 6.42 Å². The van der Waals surface area contributed by atoms with Gasteiger partial charge in [-0.05, 0) is 47.5 Å². The minimum absolute atomic E-state index is 0.0371. The van der Waals surface area contributed by atoms with E-state index in [2.05, 4.69) is 20.2 Å². The lowest BCUT2D eigenvalue weighted by atomic mass is 9.98. The number of hydrogen-bond donors (Lipinski definition) is 3. The largest absolute Gasteiger partial charge is 0.412 e. The second kappa shape index (κ2) is 8.03. The summed E-state index contributed by atoms with van der Waals surface area (Å²) in [5, 5.41) is 6.38. The number of aromatic amines is 2. The summed E-state index contributed by atoms with van der Waals surface area (Å²) in [5.41, 5.74) is 6.99. The van der Waals surface area contributed by atoms with Gasteiger partial charge in [0, 0.05) is 17.4 Å². The number of fused-ring (bicyclic) bond motifs is 2. The average molecular weight is 465 g/mol. The van der Waals surface area contributed by atoms with Crippen molar-refractivity contribution in [3.8, 4) is 17.1 Å². The molecule has 170 valence electrons. The van der Waals surface area contributed by atoms with E-state index in [0.717, 1.165) is 12.1 Å². The Morgan fingerprint density at radius 1 is 0.971 bits per heavy atom. The summed E-state index contributed by atoms with van der Waals surface area (Å²) >= 11 is 0. The second-order valence-corrected chi connectivity index (χ2v) is 7.50. The van der Waals surface area contributed by atoms with Gasteiger partial charge in [-0.1, -0.05) is 12.1 Å². The first kappa shape index (κ1) is 21.2. The van der Waals surface area contributed by atoms with E-state index in [4.69, 9.17) is 10.5 Å². The summed E-state index contributed by atoms with van der Waals surface area (Å²) in [5.74, 6) is -2.74. The van der Waals surface area contributed by atoms with Crippen LogP contribution in [0.25, 0.3) is 32.9 Å². The Balaban J connectivity index is 1.54. The van der Waals surface area contributed by atoms with Gasteiger partial charge >= 0.3 is 12.1 Å². The molecule has 11 heteroatoms. The third kappa shape index (κ3) is 3.83. The van der Waals surface area contributed by atoms with Crippen molar-refractivity contribution in [2.45, 2.75) is 6.42 Å². The van der Waals surface area contributed by atoms with Crippen LogP contribution in [0, 0.1) is 17.5 Å². The van der Waals surface area contributed by atoms with Crippen LogP contribution in [0.1, 0.15) is 11.3 Å². The van der Waals surface area contributed by atoms with Crippen molar-refractivity contribution in [3.63, 3.8) is 0 Å². The highest BCUT2D eigenvalue weighted by Gasteiger charge is 2.15. The van der Waals surface area contributed by atoms with E-state index < -0.39 is 29.1 Å². The van der Waals surface area contributed by atoms with Crippen molar-refractivity contribution in [2.75, 3.05) is 0 Å². The lowest BCUT2D eigenvalue weighted by Crippen LogP contribution is -2.16. The third-order valence-corrected chi connectivity index (χ3v) is 5.28. The first-order chi connectivity index (χ1) is 16.3. The normalized spacial score (nSPS) is 11.3. The van der Waals surface area contributed by atoms with Gasteiger partial charge in [0.1, 0.15) is 5.82 Å². The monoisotopic (exact) mass is 465 g/mol. The molecule has 0 saturated carbocycles. The van der Waals surface area contributed by atoms with Gasteiger partial charge < -0.3 is 15.5 Å². The highest BCUT2D eigenvalue weighted by atomic mass is 19.2. The number of rotatable bonds is 4. The molecule has 0 saturated heterocycles. The Labute approximate surface area is 188 Å². The van der Waals surface area contributed by atoms with E-state index in [1.54, 1.807) is 24.3 Å². The van der Waals surface area contributed by atoms with Crippen molar-refractivity contribution < 1.29 is 22.7 Å². The fourth-order valence-electron chi connectivity index (χ4n) is 3.74. The van der Waals surface area contributed by atoms with Gasteiger partial charge in [0.2, 0.25) is 0 Å². The molecule has 0 bridgehead atoms. The highest BCUT2D eigenvalue weighted by Crippen LogP contribution is 2.29. The lowest BCUT2D eigenvalue weighted by molar-refractivity contribution is 0.207. The number of primary amides is 1. The van der Waals surface area contributed by atoms with E-state index in [1.165, 1.54) is 12.1 Å². The number of amides is 1. The number of nitrogens with zero attached hydrogens (tertiary/aromatic N) is 2. The Morgan fingerprint density at radius 3 is 2.50 bits per heavy atom. The van der Waals surface area contributed by atoms with Crippen molar-refractivity contribution in [1.82, 2.24) is 20.2 Å². The summed E-state index contributed by atoms with van der Waals surface area (Å²) in [6, 6.07) is 10.9. The van der Waals surface area contributed by atoms with Crippen molar-refractivity contribution in [1.29, 1.82) is 0 Å². The van der Waals surface area contributed by atoms with Crippen LogP contribution in [0.2, 0.25) is 0 Å². The molecule has 2 aromatic heterocycles. The first-order valence-corrected chi connectivity index (χ1v) is 9.90. The predicted octanol–water partition coefficient (Wildman–Crippen LogP) is 3.93. The molecule has 0 fully saturated rings. The zero-order chi connectivity index (χ0) is 24.0. The molecule has 0 radical (unpaired) electrons. The van der Waals surface area contributed by atoms with Crippen molar-refractivity contribution >= 4 is 27.9 Å². The summed E-state index contributed by atoms with van der Waals surface area (Å²) in [4.78, 5) is 29.8. The Bertz CT molecular complexity index is 1660. The van der Waals surface area contributed by atoms with Crippen molar-refractivity contribution in [2.24, 2.45) is 5.73 Å². The Hall–Kier alpha value is -4.67. The number of halogens is 3. The van der Waals surface area contributed by atoms with Crippen LogP contribution < -0.4 is 16.0 Å². The number of carbonyl (C=O) groups excluding carboxylic acids is 1. The number of imidazole rings is 1. The van der Waals surface area contributed by atoms with Gasteiger partial charge in [-0.3, -0.25) is 4.79 Å². The van der Waals surface area contributed by atoms with Gasteiger partial charge in [0.15, 0.2) is 11.6 Å². The van der Waals surface area contributed by atoms with Gasteiger partial charge in [0.25, 0.3) is 5.56 Å². The maximum absolute atomic E-state index is 14.7. The molecule has 4 N–H and O–H groups in total. The molecule has 2 heterocycles. The molecule has 0 aliphatic carbocycles. The molecule has 0 spiro atoms. The summed E-state index contributed by atoms with van der Waals surface area (Å²) < 4.78 is 46.9. The Morgan fingerprint density at radius 2 is 1.74 bits per heavy atom. The SMILES string of the molecule is NC(=O)Oc1nc2ccc(-c3cc(Cc4n[nH]c(=O)c5cc(F)c(F)cc45)ccc3F)cc2[nH]1. The summed E-state index contributed by atoms with van der Waals surface area (Å²) in [6.07, 6.45) is -0.904. The van der Waals surface area contributed by atoms with Crippen LogP contribution >= 0.6 is 0 Å². The van der Waals surface area contributed by atoms with Crippen LogP contribution in [-0.4, -0.2) is 26.3 Å². The molecule has 5 aromatic rings. The zero-order valence-corrected chi connectivity index (χ0v) is 17.2. The fourth-order valence-corrected chi connectivity index (χ4v) is 3.74. The van der Waals surface area contributed by atoms with E-state index >= 15 is 0 Å². The fraction of sp³-hybridized carbons (Fsp3) is 0.0435. The number of nitrogens with two attached hydrogens (primary N) is 1. The minimum atomic E-state index is -1.14. The maximum atomic E-state index is 14.7. The van der Waals surface area contributed by atoms with E-state index in [9.17, 15) is 22.8 Å². The number of H-pyrrole nitrogens is 2. The van der Waals surface area contributed by atoms with Gasteiger partial charge in [0.05, 0.1) is 22.1 Å². The van der Waals surface area contributed by atoms with E-state index in [0.29, 0.717) is 27.9 Å². The molecular formula is C23H14F3N5O3. The number of benzene rings is 3. The Kier molecular flexibility index (Phi) is 5.01. The molecule has 1 amide bonds. The topological polar surface area (TPSA) is 127 Å². The molecular weight excluding hydrogens is 451 g/mol. The third-order valence-electron chi connectivity index (χ3n) is 5.28. The first-order valence-electron chi connectivity index (χ1n) is 9.90. The van der Waals surface area contributed by atoms with Gasteiger partial charge in [-0.15, -0.1) is 0 Å². The number of ether oxygens (including phenoxy) is 1. The lowest BCUT2D eigenvalue weighted by Gasteiger charge is -2.09. The molecule has 0 atom stereocenters. The van der Waals surface area contributed by atoms with Gasteiger partial charge in [-0.2, -0.15) is 10.1 Å². The smallest absolute Gasteiger partial charge is 0.376 e. The quantitative estimate of drug-likeness (QED) is 0.371. The van der Waals surface area contributed by atoms with Crippen LogP contribution in [0.15, 0.2) is 53.3 Å². The molecule has 0 unspecified atom stereocenters.